The fourth-order valence-electron chi connectivity index (χ4n) is 3.54. The molecule has 2 aliphatic rings. The lowest BCUT2D eigenvalue weighted by Crippen LogP contribution is -2.28. The Kier molecular flexibility index (Phi) is 4.91. The van der Waals surface area contributed by atoms with E-state index in [1.165, 1.54) is 0 Å². The van der Waals surface area contributed by atoms with Gasteiger partial charge < -0.3 is 9.47 Å². The van der Waals surface area contributed by atoms with Gasteiger partial charge in [-0.2, -0.15) is 0 Å². The predicted molar refractivity (Wildman–Crippen MR) is 108 cm³/mol. The second kappa shape index (κ2) is 7.55. The molecule has 2 aromatic rings. The third kappa shape index (κ3) is 2.97. The molecule has 0 saturated heterocycles. The summed E-state index contributed by atoms with van der Waals surface area (Å²) in [5.41, 5.74) is 1.14. The van der Waals surface area contributed by atoms with Gasteiger partial charge >= 0.3 is 11.9 Å². The second-order valence-corrected chi connectivity index (χ2v) is 6.81. The van der Waals surface area contributed by atoms with Crippen molar-refractivity contribution in [3.8, 4) is 0 Å². The molecule has 0 aromatic heterocycles. The second-order valence-electron chi connectivity index (χ2n) is 6.81. The molecule has 6 nitrogen and oxygen atoms in total. The lowest BCUT2D eigenvalue weighted by Gasteiger charge is -2.29. The normalized spacial score (nSPS) is 14.7. The van der Waals surface area contributed by atoms with E-state index in [2.05, 4.69) is 0 Å². The Morgan fingerprint density at radius 1 is 0.633 bits per heavy atom. The van der Waals surface area contributed by atoms with Gasteiger partial charge in [0, 0.05) is 35.1 Å². The van der Waals surface area contributed by atoms with Crippen LogP contribution in [0.4, 0.5) is 0 Å². The predicted octanol–water partition coefficient (Wildman–Crippen LogP) is 4.11. The topological polar surface area (TPSA) is 86.7 Å². The summed E-state index contributed by atoms with van der Waals surface area (Å²) in [4.78, 5) is 51.1. The summed E-state index contributed by atoms with van der Waals surface area (Å²) in [6, 6.07) is 13.2. The van der Waals surface area contributed by atoms with Gasteiger partial charge in [0.25, 0.3) is 0 Å². The van der Waals surface area contributed by atoms with Crippen LogP contribution in [-0.4, -0.2) is 23.5 Å². The van der Waals surface area contributed by atoms with Gasteiger partial charge in [0.15, 0.2) is 23.1 Å². The zero-order valence-corrected chi connectivity index (χ0v) is 16.5. The highest BCUT2D eigenvalue weighted by atomic mass is 16.5. The molecule has 0 saturated carbocycles. The minimum Gasteiger partial charge on any atom is -0.425 e. The van der Waals surface area contributed by atoms with Crippen LogP contribution in [0.15, 0.2) is 59.7 Å². The average Bonchev–Trinajstić information content (AvgIpc) is 2.78. The molecule has 0 radical (unpaired) electrons. The minimum absolute atomic E-state index is 0.0107. The number of ketones is 2. The van der Waals surface area contributed by atoms with E-state index in [1.807, 2.05) is 0 Å². The van der Waals surface area contributed by atoms with E-state index < -0.39 is 23.5 Å². The number of Topliss-reactive ketones (excluding diaryl/α,β-unsaturated/α-hetero) is 2. The van der Waals surface area contributed by atoms with Crippen LogP contribution in [0.1, 0.15) is 58.5 Å². The van der Waals surface area contributed by atoms with Crippen LogP contribution in [0, 0.1) is 0 Å². The van der Waals surface area contributed by atoms with Crippen molar-refractivity contribution in [1.82, 2.24) is 0 Å². The Morgan fingerprint density at radius 3 is 1.30 bits per heavy atom. The van der Waals surface area contributed by atoms with E-state index in [4.69, 9.17) is 9.47 Å². The number of fused-ring (bicyclic) bond motifs is 3. The molecule has 6 heteroatoms. The van der Waals surface area contributed by atoms with Crippen LogP contribution in [-0.2, 0) is 19.1 Å². The third-order valence-electron chi connectivity index (χ3n) is 5.00. The first-order valence-electron chi connectivity index (χ1n) is 9.66. The number of hydrogen-bond acceptors (Lipinski definition) is 6. The Hall–Kier alpha value is -3.80. The highest BCUT2D eigenvalue weighted by Gasteiger charge is 2.43. The molecule has 0 N–H and O–H groups in total. The molecule has 0 fully saturated rings. The summed E-state index contributed by atoms with van der Waals surface area (Å²) in [5.74, 6) is -1.98. The molecular weight excluding hydrogens is 384 g/mol. The average molecular weight is 402 g/mol. The number of hydrogen-bond donors (Lipinski definition) is 0. The molecule has 0 spiro atoms. The van der Waals surface area contributed by atoms with E-state index in [-0.39, 0.29) is 46.6 Å². The lowest BCUT2D eigenvalue weighted by molar-refractivity contribution is -0.137. The molecule has 0 heterocycles. The minimum atomic E-state index is -0.542. The zero-order valence-electron chi connectivity index (χ0n) is 16.5. The van der Waals surface area contributed by atoms with Crippen LogP contribution in [0.2, 0.25) is 0 Å². The van der Waals surface area contributed by atoms with Gasteiger partial charge in [0.05, 0.1) is 11.1 Å². The van der Waals surface area contributed by atoms with Crippen molar-refractivity contribution in [3.05, 3.63) is 81.9 Å². The molecule has 0 bridgehead atoms. The monoisotopic (exact) mass is 402 g/mol. The first-order chi connectivity index (χ1) is 14.5. The number of carbonyl (C=O) groups is 4. The molecule has 2 aromatic carbocycles. The van der Waals surface area contributed by atoms with Crippen LogP contribution >= 0.6 is 0 Å². The van der Waals surface area contributed by atoms with Gasteiger partial charge in [-0.1, -0.05) is 62.4 Å². The largest absolute Gasteiger partial charge is 0.425 e. The highest BCUT2D eigenvalue weighted by molar-refractivity contribution is 6.34. The van der Waals surface area contributed by atoms with Gasteiger partial charge in [0.1, 0.15) is 0 Å². The van der Waals surface area contributed by atoms with Crippen molar-refractivity contribution in [2.75, 3.05) is 0 Å². The number of carbonyl (C=O) groups excluding carboxylic acids is 4. The van der Waals surface area contributed by atoms with Gasteiger partial charge in [-0.05, 0) is 0 Å². The fraction of sp³-hybridized carbons (Fsp3) is 0.167. The van der Waals surface area contributed by atoms with Crippen LogP contribution < -0.4 is 0 Å². The molecule has 30 heavy (non-hydrogen) atoms. The van der Waals surface area contributed by atoms with Crippen molar-refractivity contribution in [2.45, 2.75) is 26.7 Å². The van der Waals surface area contributed by atoms with E-state index in [0.717, 1.165) is 0 Å². The Morgan fingerprint density at radius 2 is 0.967 bits per heavy atom. The summed E-state index contributed by atoms with van der Waals surface area (Å²) in [6.45, 7) is 3.27. The molecule has 0 aliphatic heterocycles. The quantitative estimate of drug-likeness (QED) is 0.716. The van der Waals surface area contributed by atoms with Crippen molar-refractivity contribution in [3.63, 3.8) is 0 Å². The zero-order chi connectivity index (χ0) is 21.4. The molecule has 150 valence electrons. The molecule has 0 unspecified atom stereocenters. The Labute approximate surface area is 172 Å². The maximum Gasteiger partial charge on any atom is 0.310 e. The van der Waals surface area contributed by atoms with E-state index in [0.29, 0.717) is 11.1 Å². The van der Waals surface area contributed by atoms with Crippen molar-refractivity contribution >= 4 is 35.0 Å². The number of allylic oxidation sites excluding steroid dienone is 2. The van der Waals surface area contributed by atoms with Gasteiger partial charge in [-0.25, -0.2) is 0 Å². The van der Waals surface area contributed by atoms with Crippen molar-refractivity contribution < 1.29 is 28.7 Å². The van der Waals surface area contributed by atoms with Gasteiger partial charge in [0.2, 0.25) is 0 Å². The first-order valence-corrected chi connectivity index (χ1v) is 9.66. The Bertz CT molecular complexity index is 1090. The smallest absolute Gasteiger partial charge is 0.310 e. The van der Waals surface area contributed by atoms with Crippen molar-refractivity contribution in [1.29, 1.82) is 0 Å². The first kappa shape index (κ1) is 19.5. The van der Waals surface area contributed by atoms with E-state index >= 15 is 0 Å². The maximum absolute atomic E-state index is 13.4. The van der Waals surface area contributed by atoms with Gasteiger partial charge in [-0.3, -0.25) is 19.2 Å². The SMILES string of the molecule is CCC(=O)OC1=C2C(=O)c3ccccc3C(OC(=O)CC)=C2C(=O)c2ccccc21. The fourth-order valence-corrected chi connectivity index (χ4v) is 3.54. The Balaban J connectivity index is 2.10. The highest BCUT2D eigenvalue weighted by Crippen LogP contribution is 2.44. The van der Waals surface area contributed by atoms with Crippen molar-refractivity contribution in [2.24, 2.45) is 0 Å². The summed E-state index contributed by atoms with van der Waals surface area (Å²) >= 11 is 0. The molecular formula is C24H18O6. The standard InChI is InChI=1S/C24H18O6/c1-3-17(25)29-23-15-11-7-5-9-13(15)22(28)20-19(23)21(27)14-10-6-8-12-16(14)24(20)30-18(26)4-2/h5-12H,3-4H2,1-2H3. The summed E-state index contributed by atoms with van der Waals surface area (Å²) < 4.78 is 11.1. The van der Waals surface area contributed by atoms with Gasteiger partial charge in [-0.15, -0.1) is 0 Å². The maximum atomic E-state index is 13.4. The number of rotatable bonds is 4. The lowest BCUT2D eigenvalue weighted by atomic mass is 9.76. The third-order valence-corrected chi connectivity index (χ3v) is 5.00. The molecule has 4 rings (SSSR count). The summed E-state index contributed by atoms with van der Waals surface area (Å²) in [7, 11) is 0. The number of ether oxygens (including phenoxy) is 2. The van der Waals surface area contributed by atoms with Crippen LogP contribution in [0.3, 0.4) is 0 Å². The summed E-state index contributed by atoms with van der Waals surface area (Å²) in [5, 5.41) is 0. The summed E-state index contributed by atoms with van der Waals surface area (Å²) in [6.07, 6.45) is 0.183. The number of benzene rings is 2. The van der Waals surface area contributed by atoms with Crippen LogP contribution in [0.5, 0.6) is 0 Å². The molecule has 0 amide bonds. The van der Waals surface area contributed by atoms with E-state index in [9.17, 15) is 19.2 Å². The molecule has 2 aliphatic carbocycles. The van der Waals surface area contributed by atoms with Crippen LogP contribution in [0.25, 0.3) is 11.5 Å². The molecule has 0 atom stereocenters. The van der Waals surface area contributed by atoms with E-state index in [1.54, 1.807) is 62.4 Å². The number of esters is 2.